The molecule has 0 radical (unpaired) electrons. The van der Waals surface area contributed by atoms with Gasteiger partial charge in [0.1, 0.15) is 24.5 Å². The Morgan fingerprint density at radius 1 is 0.864 bits per heavy atom. The maximum atomic E-state index is 5.64. The zero-order valence-electron chi connectivity index (χ0n) is 12.1. The van der Waals surface area contributed by atoms with Crippen molar-refractivity contribution >= 4 is 5.82 Å². The number of aromatic nitrogens is 2. The van der Waals surface area contributed by atoms with Gasteiger partial charge in [0.05, 0.1) is 12.2 Å². The summed E-state index contributed by atoms with van der Waals surface area (Å²) in [5.41, 5.74) is 1.98. The third-order valence-electron chi connectivity index (χ3n) is 3.16. The predicted octanol–water partition coefficient (Wildman–Crippen LogP) is 3.63. The third-order valence-corrected chi connectivity index (χ3v) is 3.16. The molecular weight excluding hydrogens is 274 g/mol. The molecule has 3 rings (SSSR count). The summed E-state index contributed by atoms with van der Waals surface area (Å²) >= 11 is 0. The molecule has 0 fully saturated rings. The van der Waals surface area contributed by atoms with Crippen LogP contribution >= 0.6 is 0 Å². The molecule has 1 aromatic heterocycles. The molecule has 1 N–H and O–H groups in total. The third kappa shape index (κ3) is 3.82. The number of hydrogen-bond donors (Lipinski definition) is 1. The van der Waals surface area contributed by atoms with E-state index >= 15 is 0 Å². The molecule has 0 saturated carbocycles. The second kappa shape index (κ2) is 7.22. The van der Waals surface area contributed by atoms with Crippen LogP contribution in [0.1, 0.15) is 0 Å². The van der Waals surface area contributed by atoms with Gasteiger partial charge in [0.25, 0.3) is 0 Å². The molecule has 4 heteroatoms. The quantitative estimate of drug-likeness (QED) is 0.704. The zero-order valence-corrected chi connectivity index (χ0v) is 12.1. The van der Waals surface area contributed by atoms with Crippen molar-refractivity contribution in [3.63, 3.8) is 0 Å². The molecule has 22 heavy (non-hydrogen) atoms. The fourth-order valence-corrected chi connectivity index (χ4v) is 2.09. The topological polar surface area (TPSA) is 47.0 Å². The van der Waals surface area contributed by atoms with Crippen LogP contribution in [0.5, 0.6) is 5.75 Å². The minimum Gasteiger partial charge on any atom is -0.492 e. The van der Waals surface area contributed by atoms with Crippen LogP contribution in [-0.2, 0) is 0 Å². The molecule has 0 atom stereocenters. The van der Waals surface area contributed by atoms with Crippen molar-refractivity contribution < 1.29 is 4.74 Å². The molecule has 0 unspecified atom stereocenters. The summed E-state index contributed by atoms with van der Waals surface area (Å²) in [4.78, 5) is 8.53. The molecule has 0 aliphatic rings. The molecule has 0 amide bonds. The van der Waals surface area contributed by atoms with Gasteiger partial charge in [0.2, 0.25) is 0 Å². The summed E-state index contributed by atoms with van der Waals surface area (Å²) in [5.74, 6) is 1.67. The van der Waals surface area contributed by atoms with Gasteiger partial charge in [-0.3, -0.25) is 0 Å². The maximum Gasteiger partial charge on any atom is 0.130 e. The fraction of sp³-hybridized carbons (Fsp3) is 0.111. The second-order valence-corrected chi connectivity index (χ2v) is 4.74. The lowest BCUT2D eigenvalue weighted by Gasteiger charge is -2.08. The van der Waals surface area contributed by atoms with E-state index in [1.807, 2.05) is 66.7 Å². The van der Waals surface area contributed by atoms with Gasteiger partial charge in [-0.05, 0) is 12.1 Å². The Hall–Kier alpha value is -2.88. The van der Waals surface area contributed by atoms with Crippen molar-refractivity contribution in [1.29, 1.82) is 0 Å². The average Bonchev–Trinajstić information content (AvgIpc) is 2.61. The number of rotatable bonds is 6. The minimum absolute atomic E-state index is 0.578. The fourth-order valence-electron chi connectivity index (χ4n) is 2.09. The largest absolute Gasteiger partial charge is 0.492 e. The summed E-state index contributed by atoms with van der Waals surface area (Å²) in [6, 6.07) is 21.8. The van der Waals surface area contributed by atoms with Crippen molar-refractivity contribution in [3.05, 3.63) is 73.1 Å². The van der Waals surface area contributed by atoms with Crippen LogP contribution < -0.4 is 10.1 Å². The summed E-state index contributed by atoms with van der Waals surface area (Å²) in [6.07, 6.45) is 1.57. The lowest BCUT2D eigenvalue weighted by Crippen LogP contribution is -2.12. The van der Waals surface area contributed by atoms with Crippen molar-refractivity contribution in [1.82, 2.24) is 9.97 Å². The van der Waals surface area contributed by atoms with Gasteiger partial charge < -0.3 is 10.1 Å². The molecule has 0 bridgehead atoms. The van der Waals surface area contributed by atoms with E-state index in [0.29, 0.717) is 13.2 Å². The van der Waals surface area contributed by atoms with Crippen molar-refractivity contribution in [2.24, 2.45) is 0 Å². The number of hydrogen-bond acceptors (Lipinski definition) is 4. The Labute approximate surface area is 129 Å². The first-order valence-electron chi connectivity index (χ1n) is 7.21. The number of anilines is 1. The highest BCUT2D eigenvalue weighted by Crippen LogP contribution is 2.17. The normalized spacial score (nSPS) is 10.2. The van der Waals surface area contributed by atoms with Gasteiger partial charge in [-0.15, -0.1) is 0 Å². The summed E-state index contributed by atoms with van der Waals surface area (Å²) in [7, 11) is 0. The van der Waals surface area contributed by atoms with Gasteiger partial charge in [-0.25, -0.2) is 9.97 Å². The number of ether oxygens (including phenoxy) is 1. The summed E-state index contributed by atoms with van der Waals surface area (Å²) < 4.78 is 5.64. The Morgan fingerprint density at radius 3 is 2.36 bits per heavy atom. The Kier molecular flexibility index (Phi) is 4.62. The van der Waals surface area contributed by atoms with Gasteiger partial charge in [0.15, 0.2) is 0 Å². The minimum atomic E-state index is 0.578. The van der Waals surface area contributed by atoms with Gasteiger partial charge in [0, 0.05) is 11.6 Å². The Bertz CT molecular complexity index is 702. The molecule has 3 aromatic rings. The lowest BCUT2D eigenvalue weighted by molar-refractivity contribution is 0.333. The first-order valence-corrected chi connectivity index (χ1v) is 7.21. The number of nitrogens with zero attached hydrogens (tertiary/aromatic N) is 2. The van der Waals surface area contributed by atoms with Crippen molar-refractivity contribution in [2.45, 2.75) is 0 Å². The van der Waals surface area contributed by atoms with Crippen LogP contribution in [0.3, 0.4) is 0 Å². The SMILES string of the molecule is c1ccc(OCCNc2cc(-c3ccccc3)ncn2)cc1. The zero-order chi connectivity index (χ0) is 15.0. The first kappa shape index (κ1) is 14.1. The van der Waals surface area contributed by atoms with Crippen LogP contribution in [0.25, 0.3) is 11.3 Å². The highest BCUT2D eigenvalue weighted by Gasteiger charge is 2.01. The number of benzene rings is 2. The Balaban J connectivity index is 1.55. The molecule has 0 aliphatic carbocycles. The number of para-hydroxylation sites is 1. The monoisotopic (exact) mass is 291 g/mol. The molecule has 0 spiro atoms. The van der Waals surface area contributed by atoms with E-state index in [-0.39, 0.29) is 0 Å². The van der Waals surface area contributed by atoms with Crippen LogP contribution in [0.4, 0.5) is 5.82 Å². The molecule has 4 nitrogen and oxygen atoms in total. The molecular formula is C18H17N3O. The van der Waals surface area contributed by atoms with Gasteiger partial charge >= 0.3 is 0 Å². The van der Waals surface area contributed by atoms with E-state index < -0.39 is 0 Å². The van der Waals surface area contributed by atoms with Crippen LogP contribution in [0.15, 0.2) is 73.1 Å². The highest BCUT2D eigenvalue weighted by atomic mass is 16.5. The number of nitrogens with one attached hydrogen (secondary N) is 1. The molecule has 0 aliphatic heterocycles. The first-order chi connectivity index (χ1) is 10.9. The van der Waals surface area contributed by atoms with E-state index in [1.165, 1.54) is 0 Å². The summed E-state index contributed by atoms with van der Waals surface area (Å²) in [6.45, 7) is 1.26. The van der Waals surface area contributed by atoms with Crippen LogP contribution in [0.2, 0.25) is 0 Å². The standard InChI is InChI=1S/C18H17N3O/c1-3-7-15(8-4-1)17-13-18(21-14-20-17)19-11-12-22-16-9-5-2-6-10-16/h1-10,13-14H,11-12H2,(H,19,20,21). The highest BCUT2D eigenvalue weighted by molar-refractivity contribution is 5.61. The smallest absolute Gasteiger partial charge is 0.130 e. The van der Waals surface area contributed by atoms with E-state index in [9.17, 15) is 0 Å². The molecule has 110 valence electrons. The van der Waals surface area contributed by atoms with E-state index in [1.54, 1.807) is 6.33 Å². The van der Waals surface area contributed by atoms with Gasteiger partial charge in [-0.2, -0.15) is 0 Å². The lowest BCUT2D eigenvalue weighted by atomic mass is 10.1. The van der Waals surface area contributed by atoms with E-state index in [0.717, 1.165) is 22.8 Å². The Morgan fingerprint density at radius 2 is 1.59 bits per heavy atom. The molecule has 1 heterocycles. The average molecular weight is 291 g/mol. The van der Waals surface area contributed by atoms with E-state index in [4.69, 9.17) is 4.74 Å². The van der Waals surface area contributed by atoms with Gasteiger partial charge in [-0.1, -0.05) is 48.5 Å². The van der Waals surface area contributed by atoms with Crippen LogP contribution in [0, 0.1) is 0 Å². The van der Waals surface area contributed by atoms with Crippen molar-refractivity contribution in [2.75, 3.05) is 18.5 Å². The van der Waals surface area contributed by atoms with Crippen molar-refractivity contribution in [3.8, 4) is 17.0 Å². The van der Waals surface area contributed by atoms with E-state index in [2.05, 4.69) is 15.3 Å². The maximum absolute atomic E-state index is 5.64. The van der Waals surface area contributed by atoms with Crippen LogP contribution in [-0.4, -0.2) is 23.1 Å². The second-order valence-electron chi connectivity index (χ2n) is 4.74. The predicted molar refractivity (Wildman–Crippen MR) is 87.9 cm³/mol. The summed E-state index contributed by atoms with van der Waals surface area (Å²) in [5, 5.41) is 3.25. The molecule has 0 saturated heterocycles. The molecule has 2 aromatic carbocycles.